The summed E-state index contributed by atoms with van der Waals surface area (Å²) >= 11 is 0. The number of likely N-dealkylation sites (tertiary alicyclic amines) is 1. The summed E-state index contributed by atoms with van der Waals surface area (Å²) in [6, 6.07) is 10.0. The fourth-order valence-corrected chi connectivity index (χ4v) is 4.65. The highest BCUT2D eigenvalue weighted by Gasteiger charge is 2.45. The van der Waals surface area contributed by atoms with Crippen LogP contribution in [0.5, 0.6) is 0 Å². The van der Waals surface area contributed by atoms with E-state index < -0.39 is 11.2 Å². The third-order valence-corrected chi connectivity index (χ3v) is 6.50. The van der Waals surface area contributed by atoms with Crippen molar-refractivity contribution >= 4 is 17.7 Å². The number of amides is 2. The lowest BCUT2D eigenvalue weighted by atomic mass is 9.87. The van der Waals surface area contributed by atoms with Gasteiger partial charge in [-0.05, 0) is 45.6 Å². The number of carbonyl (C=O) groups is 2. The number of ether oxygens (including phenoxy) is 2. The van der Waals surface area contributed by atoms with Gasteiger partial charge >= 0.3 is 6.09 Å². The Morgan fingerprint density at radius 2 is 1.91 bits per heavy atom. The molecule has 1 aliphatic carbocycles. The first-order chi connectivity index (χ1) is 15.7. The summed E-state index contributed by atoms with van der Waals surface area (Å²) in [6.45, 7) is 7.16. The number of nitrogens with one attached hydrogen (secondary N) is 1. The van der Waals surface area contributed by atoms with E-state index in [0.717, 1.165) is 24.8 Å². The summed E-state index contributed by atoms with van der Waals surface area (Å²) in [5.41, 5.74) is 0.523. The van der Waals surface area contributed by atoms with Crippen molar-refractivity contribution in [1.29, 1.82) is 0 Å². The molecule has 8 heteroatoms. The van der Waals surface area contributed by atoms with E-state index in [1.54, 1.807) is 4.90 Å². The smallest absolute Gasteiger partial charge is 0.410 e. The predicted octanol–water partition coefficient (Wildman–Crippen LogP) is 3.79. The van der Waals surface area contributed by atoms with E-state index in [0.29, 0.717) is 44.7 Å². The number of hydrogen-bond acceptors (Lipinski definition) is 6. The van der Waals surface area contributed by atoms with Crippen LogP contribution in [0.4, 0.5) is 4.79 Å². The Kier molecular flexibility index (Phi) is 6.93. The molecule has 2 heterocycles. The fourth-order valence-electron chi connectivity index (χ4n) is 4.65. The molecule has 2 fully saturated rings. The summed E-state index contributed by atoms with van der Waals surface area (Å²) in [6.07, 6.45) is 4.26. The monoisotopic (exact) mass is 457 g/mol. The van der Waals surface area contributed by atoms with E-state index in [2.05, 4.69) is 10.5 Å². The van der Waals surface area contributed by atoms with Crippen molar-refractivity contribution in [1.82, 2.24) is 10.2 Å². The molecule has 1 saturated carbocycles. The van der Waals surface area contributed by atoms with Crippen LogP contribution in [0.3, 0.4) is 0 Å². The number of benzene rings is 1. The summed E-state index contributed by atoms with van der Waals surface area (Å²) in [5, 5.41) is 7.25. The van der Waals surface area contributed by atoms with Crippen LogP contribution in [0.2, 0.25) is 0 Å². The van der Waals surface area contributed by atoms with Crippen molar-refractivity contribution < 1.29 is 23.9 Å². The molecule has 180 valence electrons. The average molecular weight is 458 g/mol. The van der Waals surface area contributed by atoms with Gasteiger partial charge < -0.3 is 24.5 Å². The van der Waals surface area contributed by atoms with E-state index in [4.69, 9.17) is 14.3 Å². The Bertz CT molecular complexity index is 872. The lowest BCUT2D eigenvalue weighted by Gasteiger charge is -2.37. The molecule has 0 radical (unpaired) electrons. The molecule has 1 spiro atoms. The Morgan fingerprint density at radius 1 is 1.18 bits per heavy atom. The zero-order chi connectivity index (χ0) is 23.5. The molecule has 3 aliphatic rings. The maximum absolute atomic E-state index is 12.9. The van der Waals surface area contributed by atoms with Crippen LogP contribution >= 0.6 is 0 Å². The third kappa shape index (κ3) is 6.05. The molecule has 2 aliphatic heterocycles. The van der Waals surface area contributed by atoms with Gasteiger partial charge in [0.15, 0.2) is 0 Å². The van der Waals surface area contributed by atoms with Gasteiger partial charge in [-0.15, -0.1) is 0 Å². The maximum atomic E-state index is 12.9. The molecule has 1 saturated heterocycles. The maximum Gasteiger partial charge on any atom is 0.410 e. The molecule has 1 unspecified atom stereocenters. The third-order valence-electron chi connectivity index (χ3n) is 6.50. The topological polar surface area (TPSA) is 89.5 Å². The van der Waals surface area contributed by atoms with Crippen molar-refractivity contribution in [2.24, 2.45) is 5.16 Å². The molecule has 0 aromatic heterocycles. The molecular formula is C25H35N3O5. The number of hydrogen-bond donors (Lipinski definition) is 1. The first-order valence-electron chi connectivity index (χ1n) is 11.9. The van der Waals surface area contributed by atoms with Crippen molar-refractivity contribution in [3.05, 3.63) is 35.9 Å². The molecular weight excluding hydrogens is 422 g/mol. The van der Waals surface area contributed by atoms with E-state index in [1.807, 2.05) is 51.1 Å². The van der Waals surface area contributed by atoms with Gasteiger partial charge in [-0.1, -0.05) is 35.5 Å². The average Bonchev–Trinajstić information content (AvgIpc) is 3.39. The minimum absolute atomic E-state index is 0.00288. The van der Waals surface area contributed by atoms with Gasteiger partial charge in [-0.25, -0.2) is 4.79 Å². The molecule has 1 aromatic rings. The molecule has 1 N–H and O–H groups in total. The Balaban J connectivity index is 1.24. The Hall–Kier alpha value is -2.61. The number of nitrogens with zero attached hydrogens (tertiary/aromatic N) is 2. The highest BCUT2D eigenvalue weighted by Crippen LogP contribution is 2.35. The molecule has 8 nitrogen and oxygen atoms in total. The van der Waals surface area contributed by atoms with Crippen molar-refractivity contribution in [3.63, 3.8) is 0 Å². The molecule has 4 rings (SSSR count). The first kappa shape index (κ1) is 23.5. The minimum Gasteiger partial charge on any atom is -0.444 e. The lowest BCUT2D eigenvalue weighted by Crippen LogP contribution is -2.49. The van der Waals surface area contributed by atoms with Crippen LogP contribution in [0.25, 0.3) is 0 Å². The van der Waals surface area contributed by atoms with E-state index in [9.17, 15) is 9.59 Å². The zero-order valence-electron chi connectivity index (χ0n) is 19.8. The number of rotatable bonds is 5. The van der Waals surface area contributed by atoms with Gasteiger partial charge in [0.2, 0.25) is 0 Å². The normalized spacial score (nSPS) is 24.3. The van der Waals surface area contributed by atoms with Crippen molar-refractivity contribution in [2.45, 2.75) is 89.3 Å². The van der Waals surface area contributed by atoms with Crippen LogP contribution in [0.1, 0.15) is 64.9 Å². The van der Waals surface area contributed by atoms with Gasteiger partial charge in [0.05, 0.1) is 18.8 Å². The summed E-state index contributed by atoms with van der Waals surface area (Å²) in [7, 11) is 0. The second-order valence-electron chi connectivity index (χ2n) is 10.3. The van der Waals surface area contributed by atoms with E-state index in [1.165, 1.54) is 0 Å². The highest BCUT2D eigenvalue weighted by atomic mass is 16.7. The largest absolute Gasteiger partial charge is 0.444 e. The van der Waals surface area contributed by atoms with Gasteiger partial charge in [0.1, 0.15) is 16.9 Å². The standard InChI is InChI=1S/C25H35N3O5/c1-24(2,3)32-23(30)28-14-12-25(13-15-28)16-20(27-33-25)22(29)26-19-10-7-11-21(19)31-17-18-8-5-4-6-9-18/h4-6,8-9,19,21H,7,10-17H2,1-3H3,(H,26,29)/t19-,21?/m1/s1. The Labute approximate surface area is 195 Å². The van der Waals surface area contributed by atoms with Crippen LogP contribution in [-0.2, 0) is 25.7 Å². The van der Waals surface area contributed by atoms with Crippen LogP contribution < -0.4 is 5.32 Å². The molecule has 1 aromatic carbocycles. The van der Waals surface area contributed by atoms with Crippen molar-refractivity contribution in [2.75, 3.05) is 13.1 Å². The zero-order valence-corrected chi connectivity index (χ0v) is 19.8. The van der Waals surface area contributed by atoms with E-state index >= 15 is 0 Å². The molecule has 33 heavy (non-hydrogen) atoms. The fraction of sp³-hybridized carbons (Fsp3) is 0.640. The second kappa shape index (κ2) is 9.71. The summed E-state index contributed by atoms with van der Waals surface area (Å²) in [5.74, 6) is -0.179. The summed E-state index contributed by atoms with van der Waals surface area (Å²) < 4.78 is 11.6. The van der Waals surface area contributed by atoms with Gasteiger partial charge in [0.25, 0.3) is 5.91 Å². The van der Waals surface area contributed by atoms with Gasteiger partial charge in [0, 0.05) is 32.4 Å². The highest BCUT2D eigenvalue weighted by molar-refractivity contribution is 6.39. The lowest BCUT2D eigenvalue weighted by molar-refractivity contribution is -0.116. The van der Waals surface area contributed by atoms with Crippen LogP contribution in [0.15, 0.2) is 35.5 Å². The first-order valence-corrected chi connectivity index (χ1v) is 11.9. The molecule has 2 amide bonds. The molecule has 2 atom stereocenters. The summed E-state index contributed by atoms with van der Waals surface area (Å²) in [4.78, 5) is 32.7. The predicted molar refractivity (Wildman–Crippen MR) is 124 cm³/mol. The van der Waals surface area contributed by atoms with Gasteiger partial charge in [-0.2, -0.15) is 0 Å². The number of carbonyl (C=O) groups excluding carboxylic acids is 2. The SMILES string of the molecule is CC(C)(C)OC(=O)N1CCC2(CC1)CC(C(=O)N[C@@H]1CCCC1OCc1ccccc1)=NO2. The minimum atomic E-state index is -0.520. The Morgan fingerprint density at radius 3 is 2.61 bits per heavy atom. The quantitative estimate of drug-likeness (QED) is 0.727. The van der Waals surface area contributed by atoms with E-state index in [-0.39, 0.29) is 24.1 Å². The second-order valence-corrected chi connectivity index (χ2v) is 10.3. The van der Waals surface area contributed by atoms with Crippen LogP contribution in [0, 0.1) is 0 Å². The number of oxime groups is 1. The number of piperidine rings is 1. The van der Waals surface area contributed by atoms with Gasteiger partial charge in [-0.3, -0.25) is 4.79 Å². The molecule has 0 bridgehead atoms. The van der Waals surface area contributed by atoms with Crippen molar-refractivity contribution in [3.8, 4) is 0 Å². The van der Waals surface area contributed by atoms with Crippen LogP contribution in [-0.4, -0.2) is 59.0 Å².